The monoisotopic (exact) mass is 382 g/mol. The van der Waals surface area contributed by atoms with Gasteiger partial charge in [0.15, 0.2) is 11.5 Å². The Bertz CT molecular complexity index is 915. The maximum atomic E-state index is 12.7. The number of nitrogens with zero attached hydrogens (tertiary/aromatic N) is 1. The number of fused-ring (bicyclic) bond motifs is 1. The third-order valence-corrected chi connectivity index (χ3v) is 4.63. The van der Waals surface area contributed by atoms with E-state index in [0.29, 0.717) is 28.5 Å². The van der Waals surface area contributed by atoms with Crippen LogP contribution in [0.25, 0.3) is 0 Å². The average molecular weight is 382 g/mol. The lowest BCUT2D eigenvalue weighted by Gasteiger charge is -2.26. The summed E-state index contributed by atoms with van der Waals surface area (Å²) in [5.74, 6) is 0.548. The molecule has 1 aliphatic heterocycles. The maximum Gasteiger partial charge on any atom is 0.277 e. The van der Waals surface area contributed by atoms with Crippen LogP contribution in [0.4, 0.5) is 0 Å². The van der Waals surface area contributed by atoms with Crippen molar-refractivity contribution in [1.29, 1.82) is 0 Å². The SMILES string of the molecule is CCC1=CC(=O)NC2=CC(=NC(=O)c3cc(OC)c(OC)c(OC)c3)C=CC12. The molecular formula is C21H22N2O5. The molecule has 7 nitrogen and oxygen atoms in total. The van der Waals surface area contributed by atoms with Crippen LogP contribution in [0, 0.1) is 5.92 Å². The van der Waals surface area contributed by atoms with Gasteiger partial charge in [0.2, 0.25) is 11.7 Å². The predicted octanol–water partition coefficient (Wildman–Crippen LogP) is 2.83. The van der Waals surface area contributed by atoms with E-state index in [0.717, 1.165) is 17.7 Å². The van der Waals surface area contributed by atoms with Gasteiger partial charge in [-0.25, -0.2) is 4.99 Å². The summed E-state index contributed by atoms with van der Waals surface area (Å²) in [6.07, 6.45) is 7.84. The topological polar surface area (TPSA) is 86.2 Å². The summed E-state index contributed by atoms with van der Waals surface area (Å²) < 4.78 is 15.8. The molecule has 1 aromatic carbocycles. The van der Waals surface area contributed by atoms with Crippen molar-refractivity contribution in [3.63, 3.8) is 0 Å². The molecule has 0 saturated carbocycles. The van der Waals surface area contributed by atoms with E-state index >= 15 is 0 Å². The number of benzene rings is 1. The van der Waals surface area contributed by atoms with Crippen LogP contribution in [-0.2, 0) is 4.79 Å². The fourth-order valence-electron chi connectivity index (χ4n) is 3.25. The van der Waals surface area contributed by atoms with Crippen molar-refractivity contribution in [2.24, 2.45) is 10.9 Å². The molecule has 0 fully saturated rings. The lowest BCUT2D eigenvalue weighted by atomic mass is 9.86. The standard InChI is InChI=1S/C21H22N2O5/c1-5-12-10-19(24)23-16-11-14(6-7-15(12)16)22-21(25)13-8-17(26-2)20(28-4)18(9-13)27-3/h6-11,15H,5H2,1-4H3,(H,23,24). The first-order chi connectivity index (χ1) is 13.5. The highest BCUT2D eigenvalue weighted by molar-refractivity contribution is 6.14. The van der Waals surface area contributed by atoms with E-state index < -0.39 is 5.91 Å². The highest BCUT2D eigenvalue weighted by Gasteiger charge is 2.25. The summed E-state index contributed by atoms with van der Waals surface area (Å²) >= 11 is 0. The molecule has 2 aliphatic rings. The quantitative estimate of drug-likeness (QED) is 0.846. The van der Waals surface area contributed by atoms with Gasteiger partial charge >= 0.3 is 0 Å². The molecule has 1 aliphatic carbocycles. The number of ether oxygens (including phenoxy) is 3. The van der Waals surface area contributed by atoms with E-state index in [-0.39, 0.29) is 11.8 Å². The fraction of sp³-hybridized carbons (Fsp3) is 0.286. The number of hydrogen-bond acceptors (Lipinski definition) is 5. The number of carbonyl (C=O) groups is 2. The van der Waals surface area contributed by atoms with E-state index in [2.05, 4.69) is 10.3 Å². The van der Waals surface area contributed by atoms with Gasteiger partial charge in [-0.3, -0.25) is 9.59 Å². The normalized spacial score (nSPS) is 19.4. The molecule has 2 amide bonds. The minimum absolute atomic E-state index is 0.0120. The second-order valence-corrected chi connectivity index (χ2v) is 6.25. The van der Waals surface area contributed by atoms with Crippen LogP contribution in [0.5, 0.6) is 17.2 Å². The van der Waals surface area contributed by atoms with Crippen LogP contribution in [-0.4, -0.2) is 38.9 Å². The first-order valence-corrected chi connectivity index (χ1v) is 8.85. The Labute approximate surface area is 163 Å². The van der Waals surface area contributed by atoms with Gasteiger partial charge in [-0.15, -0.1) is 0 Å². The Hall–Kier alpha value is -3.35. The Morgan fingerprint density at radius 3 is 2.36 bits per heavy atom. The maximum absolute atomic E-state index is 12.7. The van der Waals surface area contributed by atoms with Crippen LogP contribution in [0.3, 0.4) is 0 Å². The van der Waals surface area contributed by atoms with Gasteiger partial charge in [0.1, 0.15) is 0 Å². The largest absolute Gasteiger partial charge is 0.493 e. The molecule has 7 heteroatoms. The second-order valence-electron chi connectivity index (χ2n) is 6.25. The van der Waals surface area contributed by atoms with Crippen molar-refractivity contribution in [3.05, 3.63) is 53.3 Å². The van der Waals surface area contributed by atoms with E-state index in [1.54, 1.807) is 30.4 Å². The first-order valence-electron chi connectivity index (χ1n) is 8.85. The fourth-order valence-corrected chi connectivity index (χ4v) is 3.25. The number of carbonyl (C=O) groups excluding carboxylic acids is 2. The van der Waals surface area contributed by atoms with Crippen LogP contribution in [0.1, 0.15) is 23.7 Å². The number of allylic oxidation sites excluding steroid dienone is 3. The summed E-state index contributed by atoms with van der Waals surface area (Å²) in [6.45, 7) is 2.01. The van der Waals surface area contributed by atoms with Crippen molar-refractivity contribution >= 4 is 17.5 Å². The van der Waals surface area contributed by atoms with Crippen LogP contribution in [0.15, 0.2) is 52.7 Å². The van der Waals surface area contributed by atoms with Crippen molar-refractivity contribution in [2.75, 3.05) is 21.3 Å². The zero-order valence-corrected chi connectivity index (χ0v) is 16.2. The molecule has 0 radical (unpaired) electrons. The Morgan fingerprint density at radius 1 is 1.11 bits per heavy atom. The molecule has 0 saturated heterocycles. The smallest absolute Gasteiger partial charge is 0.277 e. The van der Waals surface area contributed by atoms with Gasteiger partial charge in [0, 0.05) is 23.3 Å². The van der Waals surface area contributed by atoms with E-state index in [9.17, 15) is 9.59 Å². The van der Waals surface area contributed by atoms with E-state index in [1.165, 1.54) is 21.3 Å². The molecule has 1 N–H and O–H groups in total. The molecular weight excluding hydrogens is 360 g/mol. The zero-order valence-electron chi connectivity index (χ0n) is 16.2. The third kappa shape index (κ3) is 3.69. The van der Waals surface area contributed by atoms with Gasteiger partial charge in [-0.1, -0.05) is 18.6 Å². The second kappa shape index (κ2) is 8.12. The molecule has 146 valence electrons. The summed E-state index contributed by atoms with van der Waals surface area (Å²) in [6, 6.07) is 3.10. The first kappa shape index (κ1) is 19.4. The van der Waals surface area contributed by atoms with Gasteiger partial charge in [0.05, 0.1) is 27.0 Å². The number of aliphatic imine (C=N–C) groups is 1. The molecule has 1 aromatic rings. The highest BCUT2D eigenvalue weighted by atomic mass is 16.5. The third-order valence-electron chi connectivity index (χ3n) is 4.63. The number of rotatable bonds is 5. The number of methoxy groups -OCH3 is 3. The summed E-state index contributed by atoms with van der Waals surface area (Å²) in [4.78, 5) is 28.7. The molecule has 0 spiro atoms. The summed E-state index contributed by atoms with van der Waals surface area (Å²) in [5.41, 5.74) is 2.52. The van der Waals surface area contributed by atoms with Crippen molar-refractivity contribution < 1.29 is 23.8 Å². The highest BCUT2D eigenvalue weighted by Crippen LogP contribution is 2.38. The summed E-state index contributed by atoms with van der Waals surface area (Å²) in [5, 5.41) is 2.82. The molecule has 1 unspecified atom stereocenters. The minimum atomic E-state index is -0.456. The van der Waals surface area contributed by atoms with Crippen molar-refractivity contribution in [2.45, 2.75) is 13.3 Å². The average Bonchev–Trinajstić information content (AvgIpc) is 2.71. The Balaban J connectivity index is 1.92. The minimum Gasteiger partial charge on any atom is -0.493 e. The molecule has 0 aromatic heterocycles. The molecule has 1 atom stereocenters. The predicted molar refractivity (Wildman–Crippen MR) is 105 cm³/mol. The van der Waals surface area contributed by atoms with E-state index in [4.69, 9.17) is 14.2 Å². The molecule has 28 heavy (non-hydrogen) atoms. The van der Waals surface area contributed by atoms with E-state index in [1.807, 2.05) is 13.0 Å². The van der Waals surface area contributed by atoms with Gasteiger partial charge < -0.3 is 19.5 Å². The Kier molecular flexibility index (Phi) is 5.63. The lowest BCUT2D eigenvalue weighted by molar-refractivity contribution is -0.116. The van der Waals surface area contributed by atoms with Crippen molar-refractivity contribution in [1.82, 2.24) is 5.32 Å². The van der Waals surface area contributed by atoms with Gasteiger partial charge in [0.25, 0.3) is 5.91 Å². The Morgan fingerprint density at radius 2 is 1.79 bits per heavy atom. The number of amides is 2. The van der Waals surface area contributed by atoms with Crippen molar-refractivity contribution in [3.8, 4) is 17.2 Å². The molecule has 3 rings (SSSR count). The van der Waals surface area contributed by atoms with Crippen LogP contribution < -0.4 is 19.5 Å². The van der Waals surface area contributed by atoms with Gasteiger partial charge in [-0.05, 0) is 30.7 Å². The van der Waals surface area contributed by atoms with Crippen LogP contribution in [0.2, 0.25) is 0 Å². The lowest BCUT2D eigenvalue weighted by Crippen LogP contribution is -2.33. The molecule has 0 bridgehead atoms. The number of hydrogen-bond donors (Lipinski definition) is 1. The molecule has 1 heterocycles. The zero-order chi connectivity index (χ0) is 20.3. The van der Waals surface area contributed by atoms with Gasteiger partial charge in [-0.2, -0.15) is 0 Å². The number of nitrogens with one attached hydrogen (secondary N) is 1. The summed E-state index contributed by atoms with van der Waals surface area (Å²) in [7, 11) is 4.46. The van der Waals surface area contributed by atoms with Crippen LogP contribution >= 0.6 is 0 Å².